The van der Waals surface area contributed by atoms with Gasteiger partial charge < -0.3 is 15.8 Å². The molecule has 0 fully saturated rings. The monoisotopic (exact) mass is 473 g/mol. The zero-order valence-electron chi connectivity index (χ0n) is 20.3. The maximum atomic E-state index is 14.6. The first-order valence-corrected chi connectivity index (χ1v) is 11.0. The number of hydrogen-bond acceptors (Lipinski definition) is 4. The molecule has 0 radical (unpaired) electrons. The van der Waals surface area contributed by atoms with Gasteiger partial charge in [-0.3, -0.25) is 4.79 Å². The topological polar surface area (TPSA) is 77.2 Å². The van der Waals surface area contributed by atoms with Gasteiger partial charge in [-0.15, -0.1) is 0 Å². The molecule has 1 aromatic carbocycles. The molecule has 0 unspecified atom stereocenters. The fourth-order valence-electron chi connectivity index (χ4n) is 2.84. The van der Waals surface area contributed by atoms with Crippen LogP contribution in [0.2, 0.25) is 0 Å². The van der Waals surface area contributed by atoms with Crippen molar-refractivity contribution in [3.8, 4) is 16.9 Å². The molecule has 1 amide bonds. The molecule has 2 rings (SSSR count). The highest BCUT2D eigenvalue weighted by atomic mass is 19.4. The van der Waals surface area contributed by atoms with Crippen LogP contribution in [0.1, 0.15) is 60.5 Å². The lowest BCUT2D eigenvalue weighted by Crippen LogP contribution is -2.30. The summed E-state index contributed by atoms with van der Waals surface area (Å²) in [7, 11) is 0. The lowest BCUT2D eigenvalue weighted by molar-refractivity contribution is -0.139. The molecule has 1 aromatic heterocycles. The number of rotatable bonds is 7. The summed E-state index contributed by atoms with van der Waals surface area (Å²) in [6.45, 7) is 12.9. The Balaban J connectivity index is 0.00000242. The predicted molar refractivity (Wildman–Crippen MR) is 125 cm³/mol. The highest BCUT2D eigenvalue weighted by Crippen LogP contribution is 2.40. The summed E-state index contributed by atoms with van der Waals surface area (Å²) < 4.78 is 60.4. The molecule has 0 aliphatic carbocycles. The Labute approximate surface area is 193 Å². The normalized spacial score (nSPS) is 11.5. The minimum atomic E-state index is -4.83. The van der Waals surface area contributed by atoms with Crippen molar-refractivity contribution in [2.24, 2.45) is 11.7 Å². The Bertz CT molecular complexity index is 871. The Kier molecular flexibility index (Phi) is 13.3. The van der Waals surface area contributed by atoms with Crippen molar-refractivity contribution < 1.29 is 27.1 Å². The van der Waals surface area contributed by atoms with Crippen LogP contribution in [-0.4, -0.2) is 23.5 Å². The van der Waals surface area contributed by atoms with E-state index in [1.165, 1.54) is 25.3 Å². The summed E-state index contributed by atoms with van der Waals surface area (Å²) in [6.07, 6.45) is -2.99. The number of halogens is 4. The van der Waals surface area contributed by atoms with Crippen LogP contribution < -0.4 is 15.8 Å². The third-order valence-electron chi connectivity index (χ3n) is 3.96. The number of nitrogens with one attached hydrogen (secondary N) is 1. The lowest BCUT2D eigenvalue weighted by atomic mass is 10.0. The molecule has 2 aromatic rings. The molecule has 186 valence electrons. The van der Waals surface area contributed by atoms with Crippen molar-refractivity contribution in [1.82, 2.24) is 4.98 Å². The molecule has 5 nitrogen and oxygen atoms in total. The number of hydrogen-bond donors (Lipinski definition) is 2. The summed E-state index contributed by atoms with van der Waals surface area (Å²) in [4.78, 5) is 15.1. The van der Waals surface area contributed by atoms with Crippen molar-refractivity contribution in [2.75, 3.05) is 11.9 Å². The highest BCUT2D eigenvalue weighted by Gasteiger charge is 2.37. The second-order valence-corrected chi connectivity index (χ2v) is 7.14. The molecule has 0 saturated carbocycles. The van der Waals surface area contributed by atoms with Gasteiger partial charge in [-0.25, -0.2) is 9.37 Å². The Morgan fingerprint density at radius 1 is 1.12 bits per heavy atom. The quantitative estimate of drug-likeness (QED) is 0.440. The third kappa shape index (κ3) is 10.2. The van der Waals surface area contributed by atoms with E-state index in [0.717, 1.165) is 12.1 Å². The molecule has 0 aliphatic rings. The molecule has 1 atom stereocenters. The van der Waals surface area contributed by atoms with Crippen LogP contribution in [0.25, 0.3) is 11.1 Å². The average molecular weight is 474 g/mol. The van der Waals surface area contributed by atoms with Gasteiger partial charge in [0, 0.05) is 19.2 Å². The minimum Gasteiger partial charge on any atom is -0.488 e. The van der Waals surface area contributed by atoms with E-state index in [4.69, 9.17) is 10.5 Å². The lowest BCUT2D eigenvalue weighted by Gasteiger charge is -2.19. The fraction of sp³-hybridized carbons (Fsp3) is 0.500. The summed E-state index contributed by atoms with van der Waals surface area (Å²) in [6, 6.07) is 4.01. The molecular weight excluding hydrogens is 438 g/mol. The first-order chi connectivity index (χ1) is 15.5. The van der Waals surface area contributed by atoms with Crippen molar-refractivity contribution in [3.05, 3.63) is 41.8 Å². The Morgan fingerprint density at radius 3 is 2.24 bits per heavy atom. The van der Waals surface area contributed by atoms with Crippen LogP contribution in [0, 0.1) is 11.7 Å². The van der Waals surface area contributed by atoms with Gasteiger partial charge in [-0.2, -0.15) is 13.2 Å². The number of amides is 1. The predicted octanol–water partition coefficient (Wildman–Crippen LogP) is 6.67. The summed E-state index contributed by atoms with van der Waals surface area (Å²) in [5, 5.41) is 2.43. The first-order valence-electron chi connectivity index (χ1n) is 11.0. The molecule has 1 heterocycles. The number of nitrogens with two attached hydrogens (primary N) is 1. The van der Waals surface area contributed by atoms with E-state index >= 15 is 0 Å². The SMILES string of the molecule is CC.CC.CC(=O)Nc1cc(-c2cc(F)c(OC[C@@H](N)CC(C)C)c(C(F)(F)F)c2)ccn1. The summed E-state index contributed by atoms with van der Waals surface area (Å²) >= 11 is 0. The Hall–Kier alpha value is -2.68. The molecule has 0 spiro atoms. The molecular formula is C24H35F4N3O2. The van der Waals surface area contributed by atoms with E-state index in [-0.39, 0.29) is 29.5 Å². The van der Waals surface area contributed by atoms with Gasteiger partial charge >= 0.3 is 6.18 Å². The van der Waals surface area contributed by atoms with Crippen LogP contribution in [0.15, 0.2) is 30.5 Å². The molecule has 0 saturated heterocycles. The molecule has 33 heavy (non-hydrogen) atoms. The number of aromatic nitrogens is 1. The van der Waals surface area contributed by atoms with Gasteiger partial charge in [-0.05, 0) is 47.7 Å². The number of ether oxygens (including phenoxy) is 1. The average Bonchev–Trinajstić information content (AvgIpc) is 2.74. The number of carbonyl (C=O) groups is 1. The van der Waals surface area contributed by atoms with E-state index in [1.807, 2.05) is 41.5 Å². The van der Waals surface area contributed by atoms with Crippen molar-refractivity contribution in [3.63, 3.8) is 0 Å². The smallest absolute Gasteiger partial charge is 0.420 e. The number of alkyl halides is 3. The van der Waals surface area contributed by atoms with Crippen molar-refractivity contribution in [1.29, 1.82) is 0 Å². The van der Waals surface area contributed by atoms with E-state index in [9.17, 15) is 22.4 Å². The second kappa shape index (κ2) is 14.5. The Morgan fingerprint density at radius 2 is 1.73 bits per heavy atom. The van der Waals surface area contributed by atoms with Crippen molar-refractivity contribution in [2.45, 2.75) is 67.1 Å². The molecule has 0 bridgehead atoms. The minimum absolute atomic E-state index is 0.0253. The third-order valence-corrected chi connectivity index (χ3v) is 3.96. The van der Waals surface area contributed by atoms with Crippen molar-refractivity contribution >= 4 is 11.7 Å². The maximum absolute atomic E-state index is 14.6. The van der Waals surface area contributed by atoms with E-state index in [0.29, 0.717) is 6.42 Å². The summed E-state index contributed by atoms with van der Waals surface area (Å²) in [5.41, 5.74) is 4.84. The zero-order valence-corrected chi connectivity index (χ0v) is 20.3. The van der Waals surface area contributed by atoms with Gasteiger partial charge in [0.1, 0.15) is 18.0 Å². The van der Waals surface area contributed by atoms with Gasteiger partial charge in [0.05, 0.1) is 0 Å². The fourth-order valence-corrected chi connectivity index (χ4v) is 2.84. The second-order valence-electron chi connectivity index (χ2n) is 7.14. The van der Waals surface area contributed by atoms with Crippen LogP contribution in [0.4, 0.5) is 23.4 Å². The van der Waals surface area contributed by atoms with E-state index < -0.39 is 35.3 Å². The highest BCUT2D eigenvalue weighted by molar-refractivity contribution is 5.88. The maximum Gasteiger partial charge on any atom is 0.420 e. The number of pyridine rings is 1. The largest absolute Gasteiger partial charge is 0.488 e. The van der Waals surface area contributed by atoms with E-state index in [1.54, 1.807) is 0 Å². The van der Waals surface area contributed by atoms with Gasteiger partial charge in [0.25, 0.3) is 0 Å². The summed E-state index contributed by atoms with van der Waals surface area (Å²) in [5.74, 6) is -2.05. The van der Waals surface area contributed by atoms with Gasteiger partial charge in [0.15, 0.2) is 11.6 Å². The zero-order chi connectivity index (χ0) is 25.8. The molecule has 3 N–H and O–H groups in total. The number of anilines is 1. The van der Waals surface area contributed by atoms with E-state index in [2.05, 4.69) is 10.3 Å². The number of benzene rings is 1. The van der Waals surface area contributed by atoms with Gasteiger partial charge in [-0.1, -0.05) is 41.5 Å². The van der Waals surface area contributed by atoms with Crippen LogP contribution in [-0.2, 0) is 11.0 Å². The number of carbonyl (C=O) groups excluding carboxylic acids is 1. The molecule has 0 aliphatic heterocycles. The van der Waals surface area contributed by atoms with Crippen LogP contribution in [0.3, 0.4) is 0 Å². The first kappa shape index (κ1) is 30.3. The standard InChI is InChI=1S/C20H23F4N3O2.2C2H6/c1-11(2)6-15(25)10-29-19-16(20(22,23)24)7-14(8-17(19)21)13-4-5-26-18(9-13)27-12(3)28;2*1-2/h4-5,7-9,11,15H,6,10,25H2,1-3H3,(H,26,27,28);2*1-2H3/t15-;;/m0../s1. The van der Waals surface area contributed by atoms with Crippen LogP contribution in [0.5, 0.6) is 5.75 Å². The van der Waals surface area contributed by atoms with Crippen LogP contribution >= 0.6 is 0 Å². The molecule has 9 heteroatoms. The number of nitrogens with zero attached hydrogens (tertiary/aromatic N) is 1. The van der Waals surface area contributed by atoms with Gasteiger partial charge in [0.2, 0.25) is 5.91 Å².